The van der Waals surface area contributed by atoms with Crippen LogP contribution in [-0.2, 0) is 4.74 Å². The van der Waals surface area contributed by atoms with E-state index in [2.05, 4.69) is 10.1 Å². The lowest BCUT2D eigenvalue weighted by Gasteiger charge is -2.25. The highest BCUT2D eigenvalue weighted by Gasteiger charge is 2.37. The van der Waals surface area contributed by atoms with Crippen LogP contribution in [0, 0.1) is 12.7 Å². The van der Waals surface area contributed by atoms with Crippen LogP contribution in [0.25, 0.3) is 10.9 Å². The number of ether oxygens (including phenoxy) is 2. The Kier molecular flexibility index (Phi) is 5.37. The van der Waals surface area contributed by atoms with Crippen molar-refractivity contribution in [3.05, 3.63) is 33.9 Å². The van der Waals surface area contributed by atoms with Crippen LogP contribution in [0.1, 0.15) is 24.4 Å². The second-order valence-corrected chi connectivity index (χ2v) is 7.93. The van der Waals surface area contributed by atoms with Gasteiger partial charge in [0, 0.05) is 31.2 Å². The number of aryl methyl sites for hydroxylation is 1. The third kappa shape index (κ3) is 3.40. The molecule has 0 spiro atoms. The van der Waals surface area contributed by atoms with E-state index in [0.29, 0.717) is 30.9 Å². The number of benzene rings is 1. The monoisotopic (exact) mass is 439 g/mol. The third-order valence-electron chi connectivity index (χ3n) is 6.03. The molecule has 3 aliphatic rings. The zero-order chi connectivity index (χ0) is 20.3. The molecule has 2 aliphatic heterocycles. The smallest absolute Gasteiger partial charge is 0.449 e. The summed E-state index contributed by atoms with van der Waals surface area (Å²) >= 11 is 0. The lowest BCUT2D eigenvalue weighted by Crippen LogP contribution is -2.47. The predicted octanol–water partition coefficient (Wildman–Crippen LogP) is 2.44. The highest BCUT2D eigenvalue weighted by molar-refractivity contribution is 5.88. The number of rotatable bonds is 3. The molecule has 2 N–H and O–H groups in total. The van der Waals surface area contributed by atoms with E-state index >= 15 is 4.39 Å². The van der Waals surface area contributed by atoms with Gasteiger partial charge in [-0.15, -0.1) is 12.4 Å². The van der Waals surface area contributed by atoms with Crippen molar-refractivity contribution in [3.8, 4) is 5.75 Å². The summed E-state index contributed by atoms with van der Waals surface area (Å²) in [5.41, 5.74) is 0.641. The molecule has 1 aromatic heterocycles. The summed E-state index contributed by atoms with van der Waals surface area (Å²) in [6.07, 6.45) is 1.72. The predicted molar refractivity (Wildman–Crippen MR) is 111 cm³/mol. The van der Waals surface area contributed by atoms with Gasteiger partial charge in [-0.3, -0.25) is 4.79 Å². The molecule has 162 valence electrons. The van der Waals surface area contributed by atoms with Crippen molar-refractivity contribution in [2.75, 3.05) is 31.1 Å². The molecule has 1 saturated carbocycles. The number of hydrogen-bond donors (Lipinski definition) is 2. The molecular formula is C20H23ClFN3O5. The van der Waals surface area contributed by atoms with Crippen molar-refractivity contribution in [2.24, 2.45) is 0 Å². The van der Waals surface area contributed by atoms with Crippen LogP contribution < -0.4 is 20.4 Å². The van der Waals surface area contributed by atoms with E-state index in [1.165, 1.54) is 6.20 Å². The Labute approximate surface area is 178 Å². The lowest BCUT2D eigenvalue weighted by atomic mass is 10.1. The van der Waals surface area contributed by atoms with Crippen LogP contribution in [0.15, 0.2) is 17.1 Å². The molecule has 3 heterocycles. The maximum Gasteiger partial charge on any atom is 0.511 e. The summed E-state index contributed by atoms with van der Waals surface area (Å²) in [4.78, 5) is 25.8. The summed E-state index contributed by atoms with van der Waals surface area (Å²) in [6, 6.07) is 2.01. The molecule has 2 atom stereocenters. The Morgan fingerprint density at radius 1 is 1.37 bits per heavy atom. The third-order valence-corrected chi connectivity index (χ3v) is 6.03. The number of nitrogens with zero attached hydrogens (tertiary/aromatic N) is 2. The van der Waals surface area contributed by atoms with Crippen molar-refractivity contribution in [1.29, 1.82) is 0 Å². The molecule has 3 fully saturated rings. The number of nitrogens with one attached hydrogen (secondary N) is 1. The number of aromatic nitrogens is 1. The number of morpholine rings is 1. The van der Waals surface area contributed by atoms with Crippen molar-refractivity contribution >= 4 is 35.2 Å². The van der Waals surface area contributed by atoms with Crippen LogP contribution >= 0.6 is 12.4 Å². The first kappa shape index (κ1) is 20.9. The van der Waals surface area contributed by atoms with Crippen LogP contribution in [0.2, 0.25) is 0 Å². The molecular weight excluding hydrogens is 417 g/mol. The summed E-state index contributed by atoms with van der Waals surface area (Å²) in [7, 11) is 0. The molecule has 0 bridgehead atoms. The zero-order valence-electron chi connectivity index (χ0n) is 16.4. The van der Waals surface area contributed by atoms with E-state index in [-0.39, 0.29) is 47.3 Å². The summed E-state index contributed by atoms with van der Waals surface area (Å²) in [6.45, 7) is 4.18. The Hall–Kier alpha value is -2.36. The lowest BCUT2D eigenvalue weighted by molar-refractivity contribution is 0.0212. The van der Waals surface area contributed by atoms with Crippen molar-refractivity contribution < 1.29 is 23.8 Å². The Balaban J connectivity index is 0.00000218. The fourth-order valence-electron chi connectivity index (χ4n) is 4.47. The van der Waals surface area contributed by atoms with E-state index in [1.54, 1.807) is 13.0 Å². The average molecular weight is 440 g/mol. The fraction of sp³-hybridized carbons (Fsp3) is 0.500. The van der Waals surface area contributed by atoms with Crippen molar-refractivity contribution in [2.45, 2.75) is 38.0 Å². The standard InChI is InChI=1S/C20H22FN3O5.ClH/c1-10-17-13(24(11-2-3-11)9-16(19(17)25)29-20(26)27)6-14(18(10)21)23-7-12-15(8-23)28-5-4-22-12;/h6,9,11-12,15,22H,2-5,7-8H2,1H3,(H,26,27);1H/t12-,15+;/m0./s1. The molecule has 0 unspecified atom stereocenters. The van der Waals surface area contributed by atoms with E-state index in [1.807, 2.05) is 9.47 Å². The van der Waals surface area contributed by atoms with Gasteiger partial charge in [0.25, 0.3) is 0 Å². The van der Waals surface area contributed by atoms with Crippen LogP contribution in [0.4, 0.5) is 14.9 Å². The van der Waals surface area contributed by atoms with E-state index < -0.39 is 17.4 Å². The Bertz CT molecular complexity index is 1060. The van der Waals surface area contributed by atoms with Crippen molar-refractivity contribution in [3.63, 3.8) is 0 Å². The average Bonchev–Trinajstić information content (AvgIpc) is 3.44. The topological polar surface area (TPSA) is 93.0 Å². The molecule has 8 nitrogen and oxygen atoms in total. The minimum atomic E-state index is -1.56. The summed E-state index contributed by atoms with van der Waals surface area (Å²) in [5, 5.41) is 12.5. The second-order valence-electron chi connectivity index (χ2n) is 7.93. The Morgan fingerprint density at radius 2 is 2.13 bits per heavy atom. The van der Waals surface area contributed by atoms with E-state index in [4.69, 9.17) is 9.84 Å². The van der Waals surface area contributed by atoms with Gasteiger partial charge < -0.3 is 29.4 Å². The minimum Gasteiger partial charge on any atom is -0.449 e. The highest BCUT2D eigenvalue weighted by Crippen LogP contribution is 2.40. The number of carbonyl (C=O) groups is 1. The van der Waals surface area contributed by atoms with E-state index in [0.717, 1.165) is 19.4 Å². The maximum atomic E-state index is 15.4. The fourth-order valence-corrected chi connectivity index (χ4v) is 4.47. The maximum absolute atomic E-state index is 15.4. The zero-order valence-corrected chi connectivity index (χ0v) is 17.2. The van der Waals surface area contributed by atoms with Crippen LogP contribution in [0.3, 0.4) is 0 Å². The molecule has 30 heavy (non-hydrogen) atoms. The first-order valence-corrected chi connectivity index (χ1v) is 9.82. The highest BCUT2D eigenvalue weighted by atomic mass is 35.5. The number of carboxylic acid groups (broad SMARTS) is 1. The van der Waals surface area contributed by atoms with Crippen LogP contribution in [0.5, 0.6) is 5.75 Å². The normalized spacial score (nSPS) is 23.2. The SMILES string of the molecule is Cc1c(F)c(N2C[C@@H]3NCCO[C@@H]3C2)cc2c1c(=O)c(OC(=O)O)cn2C1CC1.Cl. The Morgan fingerprint density at radius 3 is 2.80 bits per heavy atom. The largest absolute Gasteiger partial charge is 0.511 e. The molecule has 5 rings (SSSR count). The number of pyridine rings is 1. The van der Waals surface area contributed by atoms with Gasteiger partial charge in [-0.25, -0.2) is 9.18 Å². The van der Waals surface area contributed by atoms with Crippen molar-refractivity contribution in [1.82, 2.24) is 9.88 Å². The number of anilines is 1. The molecule has 1 aromatic carbocycles. The van der Waals surface area contributed by atoms with Gasteiger partial charge in [-0.1, -0.05) is 0 Å². The van der Waals surface area contributed by atoms with Crippen LogP contribution in [-0.4, -0.2) is 54.2 Å². The molecule has 0 amide bonds. The molecule has 10 heteroatoms. The van der Waals surface area contributed by atoms with Gasteiger partial charge in [0.05, 0.1) is 41.5 Å². The number of halogens is 2. The molecule has 2 saturated heterocycles. The summed E-state index contributed by atoms with van der Waals surface area (Å²) in [5.74, 6) is -0.764. The molecule has 1 aliphatic carbocycles. The minimum absolute atomic E-state index is 0. The molecule has 2 aromatic rings. The number of fused-ring (bicyclic) bond motifs is 2. The van der Waals surface area contributed by atoms with E-state index in [9.17, 15) is 9.59 Å². The first-order valence-electron chi connectivity index (χ1n) is 9.82. The summed E-state index contributed by atoms with van der Waals surface area (Å²) < 4.78 is 27.7. The van der Waals surface area contributed by atoms with Gasteiger partial charge in [0.1, 0.15) is 5.82 Å². The van der Waals surface area contributed by atoms with Gasteiger partial charge in [0.15, 0.2) is 5.75 Å². The first-order chi connectivity index (χ1) is 13.9. The number of hydrogen-bond acceptors (Lipinski definition) is 6. The second kappa shape index (κ2) is 7.72. The quantitative estimate of drug-likeness (QED) is 0.709. The van der Waals surface area contributed by atoms with Gasteiger partial charge in [-0.05, 0) is 25.8 Å². The van der Waals surface area contributed by atoms with Gasteiger partial charge in [-0.2, -0.15) is 0 Å². The molecule has 0 radical (unpaired) electrons. The van der Waals surface area contributed by atoms with Gasteiger partial charge >= 0.3 is 6.16 Å². The van der Waals surface area contributed by atoms with Gasteiger partial charge in [0.2, 0.25) is 5.43 Å².